The van der Waals surface area contributed by atoms with Crippen LogP contribution in [0.15, 0.2) is 41.1 Å². The highest BCUT2D eigenvalue weighted by atomic mass is 16.3. The molecular weight excluding hydrogens is 440 g/mol. The van der Waals surface area contributed by atoms with Crippen LogP contribution in [-0.4, -0.2) is 58.0 Å². The number of pyridine rings is 2. The van der Waals surface area contributed by atoms with E-state index in [0.717, 1.165) is 59.1 Å². The zero-order valence-corrected chi connectivity index (χ0v) is 20.0. The summed E-state index contributed by atoms with van der Waals surface area (Å²) in [6.07, 6.45) is 8.00. The number of aryl methyl sites for hydroxylation is 1. The van der Waals surface area contributed by atoms with Crippen molar-refractivity contribution in [2.45, 2.75) is 44.7 Å². The smallest absolute Gasteiger partial charge is 0.229 e. The van der Waals surface area contributed by atoms with Crippen LogP contribution in [0.5, 0.6) is 0 Å². The fraction of sp³-hybridized carbons (Fsp3) is 0.407. The number of likely N-dealkylation sites (N-methyl/N-ethyl adjacent to an activating group) is 1. The van der Waals surface area contributed by atoms with Gasteiger partial charge >= 0.3 is 0 Å². The number of carbonyl (C=O) groups excluding carboxylic acids is 1. The van der Waals surface area contributed by atoms with Crippen LogP contribution in [0.25, 0.3) is 33.3 Å². The average molecular weight is 469 g/mol. The second-order valence-corrected chi connectivity index (χ2v) is 10.3. The molecule has 8 nitrogen and oxygen atoms in total. The maximum Gasteiger partial charge on any atom is 0.229 e. The van der Waals surface area contributed by atoms with E-state index in [4.69, 9.17) is 9.40 Å². The molecule has 3 aromatic heterocycles. The Morgan fingerprint density at radius 2 is 1.89 bits per heavy atom. The third-order valence-electron chi connectivity index (χ3n) is 7.91. The molecule has 4 aliphatic rings. The highest BCUT2D eigenvalue weighted by Gasteiger charge is 2.37. The zero-order valence-electron chi connectivity index (χ0n) is 20.0. The van der Waals surface area contributed by atoms with Gasteiger partial charge in [-0.05, 0) is 63.9 Å². The predicted octanol–water partition coefficient (Wildman–Crippen LogP) is 4.38. The van der Waals surface area contributed by atoms with E-state index in [9.17, 15) is 4.79 Å². The van der Waals surface area contributed by atoms with E-state index in [1.165, 1.54) is 18.5 Å². The van der Waals surface area contributed by atoms with E-state index in [2.05, 4.69) is 44.3 Å². The quantitative estimate of drug-likeness (QED) is 0.476. The van der Waals surface area contributed by atoms with E-state index >= 15 is 0 Å². The first-order valence-corrected chi connectivity index (χ1v) is 12.5. The van der Waals surface area contributed by atoms with Gasteiger partial charge in [0.2, 0.25) is 11.8 Å². The molecule has 3 aliphatic heterocycles. The fourth-order valence-electron chi connectivity index (χ4n) is 5.64. The van der Waals surface area contributed by atoms with Crippen molar-refractivity contribution in [3.63, 3.8) is 0 Å². The Morgan fingerprint density at radius 1 is 1.03 bits per heavy atom. The number of nitrogens with one attached hydrogen (secondary N) is 1. The van der Waals surface area contributed by atoms with Gasteiger partial charge in [0.05, 0.1) is 5.56 Å². The number of carbonyl (C=O) groups is 1. The Labute approximate surface area is 203 Å². The number of oxazole rings is 1. The van der Waals surface area contributed by atoms with Crippen molar-refractivity contribution in [1.82, 2.24) is 19.9 Å². The van der Waals surface area contributed by atoms with Crippen molar-refractivity contribution < 1.29 is 9.21 Å². The molecule has 4 aromatic rings. The molecule has 0 spiro atoms. The molecule has 1 aromatic carbocycles. The highest BCUT2D eigenvalue weighted by molar-refractivity contribution is 6.00. The topological polar surface area (TPSA) is 87.4 Å². The molecule has 6 heterocycles. The van der Waals surface area contributed by atoms with Gasteiger partial charge in [0.15, 0.2) is 5.58 Å². The van der Waals surface area contributed by atoms with E-state index in [-0.39, 0.29) is 11.8 Å². The lowest BCUT2D eigenvalue weighted by molar-refractivity contribution is -0.117. The second-order valence-electron chi connectivity index (χ2n) is 10.3. The number of benzene rings is 1. The Bertz CT molecular complexity index is 1480. The number of hydrogen-bond acceptors (Lipinski definition) is 7. The summed E-state index contributed by atoms with van der Waals surface area (Å²) in [5, 5.41) is 4.79. The molecule has 8 rings (SSSR count). The number of hydrogen-bond donors (Lipinski definition) is 1. The summed E-state index contributed by atoms with van der Waals surface area (Å²) in [6.45, 7) is 4.13. The molecule has 1 amide bonds. The number of fused-ring (bicyclic) bond motifs is 5. The van der Waals surface area contributed by atoms with Gasteiger partial charge in [-0.3, -0.25) is 14.7 Å². The third kappa shape index (κ3) is 3.55. The summed E-state index contributed by atoms with van der Waals surface area (Å²) in [4.78, 5) is 31.2. The molecule has 2 atom stereocenters. The summed E-state index contributed by atoms with van der Waals surface area (Å²) >= 11 is 0. The Morgan fingerprint density at radius 3 is 2.66 bits per heavy atom. The van der Waals surface area contributed by atoms with Crippen LogP contribution in [0.1, 0.15) is 31.4 Å². The predicted molar refractivity (Wildman–Crippen MR) is 135 cm³/mol. The van der Waals surface area contributed by atoms with Crippen LogP contribution in [0, 0.1) is 12.8 Å². The highest BCUT2D eigenvalue weighted by Crippen LogP contribution is 2.36. The van der Waals surface area contributed by atoms with Crippen LogP contribution in [0.2, 0.25) is 0 Å². The van der Waals surface area contributed by atoms with Gasteiger partial charge in [-0.15, -0.1) is 0 Å². The van der Waals surface area contributed by atoms with Crippen molar-refractivity contribution in [2.75, 3.05) is 30.4 Å². The van der Waals surface area contributed by atoms with Crippen LogP contribution in [0.4, 0.5) is 11.5 Å². The number of nitrogens with zero attached hydrogens (tertiary/aromatic N) is 5. The maximum absolute atomic E-state index is 12.3. The van der Waals surface area contributed by atoms with E-state index in [0.29, 0.717) is 23.8 Å². The van der Waals surface area contributed by atoms with Gasteiger partial charge in [-0.2, -0.15) is 0 Å². The normalized spacial score (nSPS) is 22.3. The number of amides is 1. The largest absolute Gasteiger partial charge is 0.436 e. The van der Waals surface area contributed by atoms with Gasteiger partial charge < -0.3 is 14.6 Å². The molecule has 0 radical (unpaired) electrons. The van der Waals surface area contributed by atoms with Crippen LogP contribution >= 0.6 is 0 Å². The van der Waals surface area contributed by atoms with E-state index in [1.807, 2.05) is 19.1 Å². The zero-order chi connectivity index (χ0) is 23.7. The lowest BCUT2D eigenvalue weighted by Crippen LogP contribution is -2.61. The van der Waals surface area contributed by atoms with Crippen molar-refractivity contribution >= 4 is 39.3 Å². The van der Waals surface area contributed by atoms with Crippen molar-refractivity contribution in [3.8, 4) is 11.5 Å². The van der Waals surface area contributed by atoms with Gasteiger partial charge in [0.25, 0.3) is 0 Å². The molecule has 3 saturated heterocycles. The lowest BCUT2D eigenvalue weighted by Gasteiger charge is -2.51. The molecule has 4 fully saturated rings. The molecular formula is C27H28N6O2. The minimum Gasteiger partial charge on any atom is -0.436 e. The number of piperazine rings is 1. The number of aromatic nitrogens is 3. The molecule has 0 unspecified atom stereocenters. The molecule has 1 N–H and O–H groups in total. The van der Waals surface area contributed by atoms with Crippen molar-refractivity contribution in [3.05, 3.63) is 42.4 Å². The number of rotatable bonds is 4. The van der Waals surface area contributed by atoms with Crippen molar-refractivity contribution in [1.29, 1.82) is 0 Å². The summed E-state index contributed by atoms with van der Waals surface area (Å²) in [7, 11) is 2.24. The van der Waals surface area contributed by atoms with Gasteiger partial charge in [-0.25, -0.2) is 9.97 Å². The Kier molecular flexibility index (Phi) is 4.61. The average Bonchev–Trinajstić information content (AvgIpc) is 3.64. The number of anilines is 2. The number of piperidine rings is 2. The fourth-order valence-corrected chi connectivity index (χ4v) is 5.64. The van der Waals surface area contributed by atoms with Gasteiger partial charge in [0.1, 0.15) is 11.3 Å². The van der Waals surface area contributed by atoms with Crippen LogP contribution in [0.3, 0.4) is 0 Å². The van der Waals surface area contributed by atoms with E-state index in [1.54, 1.807) is 12.4 Å². The molecule has 1 saturated carbocycles. The minimum absolute atomic E-state index is 0.0381. The summed E-state index contributed by atoms with van der Waals surface area (Å²) < 4.78 is 6.21. The summed E-state index contributed by atoms with van der Waals surface area (Å²) in [6, 6.07) is 9.41. The molecule has 8 heteroatoms. The van der Waals surface area contributed by atoms with Gasteiger partial charge in [0, 0.05) is 65.6 Å². The Balaban J connectivity index is 1.26. The first kappa shape index (κ1) is 20.8. The SMILES string of the molecule is Cc1ncc(-c2nc3cc(N4C[C@@H]5CC[C@H]4CN5C)ccc3o2)c2cc(NC(=O)C3CC3)ncc12. The van der Waals surface area contributed by atoms with Crippen molar-refractivity contribution in [2.24, 2.45) is 5.92 Å². The summed E-state index contributed by atoms with van der Waals surface area (Å²) in [5.41, 5.74) is 4.48. The molecule has 35 heavy (non-hydrogen) atoms. The lowest BCUT2D eigenvalue weighted by atomic mass is 9.91. The summed E-state index contributed by atoms with van der Waals surface area (Å²) in [5.74, 6) is 1.23. The van der Waals surface area contributed by atoms with Crippen LogP contribution < -0.4 is 10.2 Å². The molecule has 2 bridgehead atoms. The monoisotopic (exact) mass is 468 g/mol. The molecule has 178 valence electrons. The first-order valence-electron chi connectivity index (χ1n) is 12.5. The maximum atomic E-state index is 12.3. The Hall–Kier alpha value is -3.52. The van der Waals surface area contributed by atoms with Gasteiger partial charge in [-0.1, -0.05) is 0 Å². The van der Waals surface area contributed by atoms with Crippen LogP contribution in [-0.2, 0) is 4.79 Å². The molecule has 1 aliphatic carbocycles. The second kappa shape index (κ2) is 7.75. The third-order valence-corrected chi connectivity index (χ3v) is 7.91. The minimum atomic E-state index is 0.0381. The standard InChI is InChI=1S/C27H28N6O2/c1-15-21-11-29-25(31-26(34)16-3-4-16)10-20(21)22(12-28-15)27-30-23-9-17(7-8-24(23)35-27)33-14-18-5-6-19(33)13-32(18)2/h7-12,16,18-19H,3-6,13-14H2,1-2H3,(H,29,31,34)/t18-,19-/m0/s1. The van der Waals surface area contributed by atoms with E-state index < -0.39 is 0 Å². The first-order chi connectivity index (χ1) is 17.0.